The number of hydrogen-bond donors (Lipinski definition) is 0. The van der Waals surface area contributed by atoms with E-state index in [1.165, 1.54) is 12.2 Å². The summed E-state index contributed by atoms with van der Waals surface area (Å²) in [6.45, 7) is 7.41. The van der Waals surface area contributed by atoms with Gasteiger partial charge >= 0.3 is 0 Å². The fourth-order valence-corrected chi connectivity index (χ4v) is 2.03. The molecule has 0 aromatic heterocycles. The monoisotopic (exact) mass is 285 g/mol. The van der Waals surface area contributed by atoms with E-state index in [1.54, 1.807) is 7.05 Å². The normalized spacial score (nSPS) is 27.1. The molecule has 5 heteroatoms. The van der Waals surface area contributed by atoms with Crippen LogP contribution in [0.15, 0.2) is 12.2 Å². The van der Waals surface area contributed by atoms with E-state index >= 15 is 0 Å². The second-order valence-corrected chi connectivity index (χ2v) is 5.99. The van der Waals surface area contributed by atoms with Crippen LogP contribution in [0.1, 0.15) is 33.6 Å². The molecule has 2 atom stereocenters. The lowest BCUT2D eigenvalue weighted by Crippen LogP contribution is -2.38. The number of ether oxygens (including phenoxy) is 2. The number of hydrogen-bond acceptors (Lipinski definition) is 4. The maximum absolute atomic E-state index is 11.9. The van der Waals surface area contributed by atoms with Crippen LogP contribution in [0.25, 0.3) is 0 Å². The Bertz CT molecular complexity index is 341. The largest absolute Gasteiger partial charge is 0.377 e. The molecule has 20 heavy (non-hydrogen) atoms. The molecule has 0 saturated carbocycles. The molecule has 1 heterocycles. The summed E-state index contributed by atoms with van der Waals surface area (Å²) in [5.41, 5.74) is -0.0469. The van der Waals surface area contributed by atoms with E-state index in [0.717, 1.165) is 0 Å². The first-order chi connectivity index (χ1) is 9.38. The third-order valence-corrected chi connectivity index (χ3v) is 3.33. The summed E-state index contributed by atoms with van der Waals surface area (Å²) in [4.78, 5) is 16.8. The van der Waals surface area contributed by atoms with Crippen molar-refractivity contribution >= 4 is 5.91 Å². The molecule has 0 aromatic carbocycles. The Morgan fingerprint density at radius 1 is 1.40 bits per heavy atom. The molecular weight excluding hydrogens is 258 g/mol. The summed E-state index contributed by atoms with van der Waals surface area (Å²) in [6.07, 6.45) is 4.81. The van der Waals surface area contributed by atoms with Gasteiger partial charge in [0.05, 0.1) is 39.0 Å². The second-order valence-electron chi connectivity index (χ2n) is 5.99. The van der Waals surface area contributed by atoms with E-state index in [1.807, 2.05) is 19.1 Å². The average Bonchev–Trinajstić information content (AvgIpc) is 2.40. The first-order valence-corrected chi connectivity index (χ1v) is 7.04. The van der Waals surface area contributed by atoms with Crippen LogP contribution < -0.4 is 0 Å². The Labute approximate surface area is 121 Å². The van der Waals surface area contributed by atoms with Gasteiger partial charge in [0.25, 0.3) is 0 Å². The predicted octanol–water partition coefficient (Wildman–Crippen LogP) is 2.17. The predicted molar refractivity (Wildman–Crippen MR) is 77.1 cm³/mol. The van der Waals surface area contributed by atoms with Crippen LogP contribution in [0, 0.1) is 5.41 Å². The fraction of sp³-hybridized carbons (Fsp3) is 0.800. The van der Waals surface area contributed by atoms with Gasteiger partial charge in [0, 0.05) is 18.9 Å². The first-order valence-electron chi connectivity index (χ1n) is 7.04. The molecule has 0 radical (unpaired) electrons. The Morgan fingerprint density at radius 2 is 2.05 bits per heavy atom. The molecule has 1 aliphatic heterocycles. The highest BCUT2D eigenvalue weighted by Gasteiger charge is 2.29. The quantitative estimate of drug-likeness (QED) is 0.587. The Hall–Kier alpha value is -0.910. The summed E-state index contributed by atoms with van der Waals surface area (Å²) in [7, 11) is 3.08. The minimum atomic E-state index is -0.152. The smallest absolute Gasteiger partial charge is 0.248 e. The number of carbonyl (C=O) groups is 1. The number of rotatable bonds is 4. The zero-order chi connectivity index (χ0) is 15.2. The summed E-state index contributed by atoms with van der Waals surface area (Å²) < 4.78 is 11.8. The minimum Gasteiger partial charge on any atom is -0.377 e. The molecule has 1 rings (SSSR count). The number of carbonyl (C=O) groups excluding carboxylic acids is 1. The Morgan fingerprint density at radius 3 is 2.65 bits per heavy atom. The Balaban J connectivity index is 2.69. The standard InChI is InChI=1S/C15H27NO4/c1-6-7-12-8-13(9-14(17)16(4)18-5)20-11-15(2,3)10-19-12/h6-7,12-13H,8-11H2,1-5H3/b7-6+/t12-,13-/m1/s1. The topological polar surface area (TPSA) is 48.0 Å². The lowest BCUT2D eigenvalue weighted by atomic mass is 9.94. The fourth-order valence-electron chi connectivity index (χ4n) is 2.03. The van der Waals surface area contributed by atoms with Crippen molar-refractivity contribution in [3.63, 3.8) is 0 Å². The summed E-state index contributed by atoms with van der Waals surface area (Å²) in [5, 5.41) is 1.23. The van der Waals surface area contributed by atoms with Crippen LogP contribution in [0.4, 0.5) is 0 Å². The van der Waals surface area contributed by atoms with Gasteiger partial charge in [0.15, 0.2) is 0 Å². The van der Waals surface area contributed by atoms with Gasteiger partial charge in [-0.1, -0.05) is 26.0 Å². The van der Waals surface area contributed by atoms with Crippen molar-refractivity contribution in [2.75, 3.05) is 27.4 Å². The van der Waals surface area contributed by atoms with E-state index in [4.69, 9.17) is 14.3 Å². The highest BCUT2D eigenvalue weighted by atomic mass is 16.7. The molecule has 0 spiro atoms. The Kier molecular flexibility index (Phi) is 6.65. The van der Waals surface area contributed by atoms with Crippen LogP contribution in [-0.2, 0) is 19.1 Å². The highest BCUT2D eigenvalue weighted by molar-refractivity contribution is 5.75. The van der Waals surface area contributed by atoms with E-state index in [9.17, 15) is 4.79 Å². The van der Waals surface area contributed by atoms with Crippen molar-refractivity contribution in [1.82, 2.24) is 5.06 Å². The number of hydroxylamine groups is 2. The lowest BCUT2D eigenvalue weighted by molar-refractivity contribution is -0.174. The van der Waals surface area contributed by atoms with Crippen molar-refractivity contribution in [2.24, 2.45) is 5.41 Å². The van der Waals surface area contributed by atoms with Crippen molar-refractivity contribution in [1.29, 1.82) is 0 Å². The molecule has 0 aromatic rings. The van der Waals surface area contributed by atoms with Crippen molar-refractivity contribution in [2.45, 2.75) is 45.8 Å². The van der Waals surface area contributed by atoms with Gasteiger partial charge in [-0.25, -0.2) is 5.06 Å². The molecule has 1 saturated heterocycles. The highest BCUT2D eigenvalue weighted by Crippen LogP contribution is 2.25. The first kappa shape index (κ1) is 17.1. The molecule has 0 aliphatic carbocycles. The third kappa shape index (κ3) is 5.61. The molecule has 0 N–H and O–H groups in total. The number of amides is 1. The average molecular weight is 285 g/mol. The maximum atomic E-state index is 11.9. The number of nitrogens with zero attached hydrogens (tertiary/aromatic N) is 1. The zero-order valence-corrected chi connectivity index (χ0v) is 13.2. The molecule has 1 amide bonds. The molecular formula is C15H27NO4. The van der Waals surface area contributed by atoms with E-state index in [-0.39, 0.29) is 23.5 Å². The molecule has 1 fully saturated rings. The van der Waals surface area contributed by atoms with E-state index in [0.29, 0.717) is 26.1 Å². The van der Waals surface area contributed by atoms with Crippen molar-refractivity contribution < 1.29 is 19.1 Å². The van der Waals surface area contributed by atoms with E-state index in [2.05, 4.69) is 13.8 Å². The molecule has 116 valence electrons. The van der Waals surface area contributed by atoms with Crippen LogP contribution in [0.3, 0.4) is 0 Å². The van der Waals surface area contributed by atoms with Gasteiger partial charge in [-0.2, -0.15) is 0 Å². The maximum Gasteiger partial charge on any atom is 0.248 e. The van der Waals surface area contributed by atoms with Crippen molar-refractivity contribution in [3.05, 3.63) is 12.2 Å². The second kappa shape index (κ2) is 7.76. The van der Waals surface area contributed by atoms with Gasteiger partial charge in [0.1, 0.15) is 0 Å². The van der Waals surface area contributed by atoms with Gasteiger partial charge < -0.3 is 9.47 Å². The van der Waals surface area contributed by atoms with E-state index < -0.39 is 0 Å². The SMILES string of the molecule is C/C=C/[C@@H]1C[C@H](CC(=O)N(C)OC)OCC(C)(C)CO1. The summed E-state index contributed by atoms with van der Waals surface area (Å²) in [5.74, 6) is -0.0879. The van der Waals surface area contributed by atoms with Gasteiger partial charge in [-0.05, 0) is 6.92 Å². The molecule has 0 bridgehead atoms. The summed E-state index contributed by atoms with van der Waals surface area (Å²) >= 11 is 0. The van der Waals surface area contributed by atoms with Crippen LogP contribution in [0.2, 0.25) is 0 Å². The van der Waals surface area contributed by atoms with Crippen LogP contribution in [-0.4, -0.2) is 50.5 Å². The van der Waals surface area contributed by atoms with Gasteiger partial charge in [-0.15, -0.1) is 0 Å². The van der Waals surface area contributed by atoms with Crippen molar-refractivity contribution in [3.8, 4) is 0 Å². The lowest BCUT2D eigenvalue weighted by Gasteiger charge is -2.34. The summed E-state index contributed by atoms with van der Waals surface area (Å²) in [6, 6.07) is 0. The molecule has 5 nitrogen and oxygen atoms in total. The molecule has 0 unspecified atom stereocenters. The van der Waals surface area contributed by atoms with Gasteiger partial charge in [-0.3, -0.25) is 9.63 Å². The van der Waals surface area contributed by atoms with Gasteiger partial charge in [0.2, 0.25) is 5.91 Å². The third-order valence-electron chi connectivity index (χ3n) is 3.33. The van der Waals surface area contributed by atoms with Crippen LogP contribution in [0.5, 0.6) is 0 Å². The zero-order valence-electron chi connectivity index (χ0n) is 13.2. The molecule has 1 aliphatic rings. The van der Waals surface area contributed by atoms with Crippen LogP contribution >= 0.6 is 0 Å². The number of allylic oxidation sites excluding steroid dienone is 1. The minimum absolute atomic E-state index is 0.00905.